The van der Waals surface area contributed by atoms with Crippen LogP contribution in [-0.2, 0) is 6.42 Å². The maximum Gasteiger partial charge on any atom is 0.165 e. The van der Waals surface area contributed by atoms with Crippen LogP contribution in [0.3, 0.4) is 0 Å². The maximum absolute atomic E-state index is 13.7. The maximum atomic E-state index is 13.7. The van der Waals surface area contributed by atoms with E-state index in [4.69, 9.17) is 10.5 Å². The molecule has 1 heterocycles. The van der Waals surface area contributed by atoms with E-state index in [0.29, 0.717) is 6.42 Å². The van der Waals surface area contributed by atoms with Gasteiger partial charge in [0.15, 0.2) is 11.6 Å². The zero-order valence-corrected chi connectivity index (χ0v) is 12.0. The highest BCUT2D eigenvalue weighted by atomic mass is 19.1. The number of hydrogen-bond acceptors (Lipinski definition) is 3. The minimum absolute atomic E-state index is 0.198. The number of ether oxygens (including phenoxy) is 1. The number of aromatic nitrogens is 1. The van der Waals surface area contributed by atoms with Gasteiger partial charge in [-0.25, -0.2) is 4.39 Å². The largest absolute Gasteiger partial charge is 0.494 e. The van der Waals surface area contributed by atoms with Crippen LogP contribution in [0, 0.1) is 19.7 Å². The molecule has 1 aromatic heterocycles. The number of pyridine rings is 1. The van der Waals surface area contributed by atoms with Crippen molar-refractivity contribution in [2.45, 2.75) is 26.3 Å². The Hall–Kier alpha value is -1.94. The fourth-order valence-electron chi connectivity index (χ4n) is 2.29. The van der Waals surface area contributed by atoms with E-state index in [2.05, 4.69) is 4.98 Å². The topological polar surface area (TPSA) is 48.1 Å². The molecule has 0 aliphatic carbocycles. The summed E-state index contributed by atoms with van der Waals surface area (Å²) >= 11 is 0. The van der Waals surface area contributed by atoms with Crippen LogP contribution in [-0.4, -0.2) is 12.1 Å². The highest BCUT2D eigenvalue weighted by molar-refractivity contribution is 5.32. The molecule has 2 aromatic rings. The van der Waals surface area contributed by atoms with Gasteiger partial charge < -0.3 is 10.5 Å². The summed E-state index contributed by atoms with van der Waals surface area (Å²) in [5.41, 5.74) is 9.93. The van der Waals surface area contributed by atoms with Crippen molar-refractivity contribution in [3.63, 3.8) is 0 Å². The molecule has 0 saturated heterocycles. The number of benzene rings is 1. The van der Waals surface area contributed by atoms with E-state index < -0.39 is 0 Å². The van der Waals surface area contributed by atoms with E-state index in [1.54, 1.807) is 6.07 Å². The van der Waals surface area contributed by atoms with Crippen molar-refractivity contribution >= 4 is 0 Å². The molecule has 2 N–H and O–H groups in total. The van der Waals surface area contributed by atoms with Gasteiger partial charge in [0.1, 0.15) is 0 Å². The van der Waals surface area contributed by atoms with Crippen LogP contribution in [0.15, 0.2) is 30.3 Å². The smallest absolute Gasteiger partial charge is 0.165 e. The fraction of sp³-hybridized carbons (Fsp3) is 0.312. The quantitative estimate of drug-likeness (QED) is 0.932. The lowest BCUT2D eigenvalue weighted by atomic mass is 9.98. The van der Waals surface area contributed by atoms with Gasteiger partial charge in [0.05, 0.1) is 7.11 Å². The number of aryl methyl sites for hydroxylation is 2. The van der Waals surface area contributed by atoms with Crippen LogP contribution < -0.4 is 10.5 Å². The lowest BCUT2D eigenvalue weighted by Gasteiger charge is -2.15. The van der Waals surface area contributed by atoms with Gasteiger partial charge in [0, 0.05) is 17.4 Å². The summed E-state index contributed by atoms with van der Waals surface area (Å²) in [4.78, 5) is 4.41. The molecule has 3 nitrogen and oxygen atoms in total. The molecule has 1 atom stereocenters. The number of halogens is 1. The molecule has 0 aliphatic rings. The lowest BCUT2D eigenvalue weighted by molar-refractivity contribution is 0.386. The van der Waals surface area contributed by atoms with Gasteiger partial charge in [-0.1, -0.05) is 12.1 Å². The second kappa shape index (κ2) is 6.01. The molecule has 20 heavy (non-hydrogen) atoms. The highest BCUT2D eigenvalue weighted by Crippen LogP contribution is 2.22. The molecular formula is C16H19FN2O. The zero-order valence-electron chi connectivity index (χ0n) is 12.0. The summed E-state index contributed by atoms with van der Waals surface area (Å²) in [7, 11) is 1.45. The third kappa shape index (κ3) is 3.14. The Morgan fingerprint density at radius 2 is 2.00 bits per heavy atom. The van der Waals surface area contributed by atoms with E-state index in [1.807, 2.05) is 32.0 Å². The van der Waals surface area contributed by atoms with Crippen LogP contribution >= 0.6 is 0 Å². The molecule has 0 bridgehead atoms. The number of nitrogens with two attached hydrogens (primary N) is 1. The second-order valence-corrected chi connectivity index (χ2v) is 4.91. The van der Waals surface area contributed by atoms with Gasteiger partial charge in [0.2, 0.25) is 0 Å². The molecule has 0 saturated carbocycles. The standard InChI is InChI=1S/C16H19FN2O/c1-10-4-6-13(11(2)19-10)15(18)9-12-5-7-16(20-3)14(17)8-12/h4-8,15H,9,18H2,1-3H3. The summed E-state index contributed by atoms with van der Waals surface area (Å²) in [6.07, 6.45) is 0.562. The second-order valence-electron chi connectivity index (χ2n) is 4.91. The van der Waals surface area contributed by atoms with Crippen LogP contribution in [0.4, 0.5) is 4.39 Å². The van der Waals surface area contributed by atoms with Crippen LogP contribution in [0.25, 0.3) is 0 Å². The Bertz CT molecular complexity index is 613. The average molecular weight is 274 g/mol. The Morgan fingerprint density at radius 1 is 1.25 bits per heavy atom. The number of rotatable bonds is 4. The summed E-state index contributed by atoms with van der Waals surface area (Å²) in [6.45, 7) is 3.89. The van der Waals surface area contributed by atoms with Crippen molar-refractivity contribution in [2.24, 2.45) is 5.73 Å². The molecule has 0 spiro atoms. The Balaban J connectivity index is 2.18. The predicted molar refractivity (Wildman–Crippen MR) is 77.3 cm³/mol. The van der Waals surface area contributed by atoms with Gasteiger partial charge in [-0.15, -0.1) is 0 Å². The molecule has 2 rings (SSSR count). The normalized spacial score (nSPS) is 12.2. The first-order valence-corrected chi connectivity index (χ1v) is 6.53. The van der Waals surface area contributed by atoms with Gasteiger partial charge in [-0.05, 0) is 49.6 Å². The highest BCUT2D eigenvalue weighted by Gasteiger charge is 2.12. The Kier molecular flexibility index (Phi) is 4.35. The van der Waals surface area contributed by atoms with Crippen molar-refractivity contribution in [2.75, 3.05) is 7.11 Å². The SMILES string of the molecule is COc1ccc(CC(N)c2ccc(C)nc2C)cc1F. The van der Waals surface area contributed by atoms with Crippen LogP contribution in [0.2, 0.25) is 0 Å². The van der Waals surface area contributed by atoms with Gasteiger partial charge in [-0.2, -0.15) is 0 Å². The van der Waals surface area contributed by atoms with E-state index in [1.165, 1.54) is 13.2 Å². The zero-order chi connectivity index (χ0) is 14.7. The molecule has 1 unspecified atom stereocenters. The average Bonchev–Trinajstić information content (AvgIpc) is 2.38. The first kappa shape index (κ1) is 14.5. The van der Waals surface area contributed by atoms with Gasteiger partial charge in [-0.3, -0.25) is 4.98 Å². The van der Waals surface area contributed by atoms with Gasteiger partial charge >= 0.3 is 0 Å². The van der Waals surface area contributed by atoms with Crippen molar-refractivity contribution < 1.29 is 9.13 Å². The fourth-order valence-corrected chi connectivity index (χ4v) is 2.29. The van der Waals surface area contributed by atoms with Crippen molar-refractivity contribution in [1.29, 1.82) is 0 Å². The summed E-state index contributed by atoms with van der Waals surface area (Å²) < 4.78 is 18.6. The summed E-state index contributed by atoms with van der Waals surface area (Å²) in [5, 5.41) is 0. The lowest BCUT2D eigenvalue weighted by Crippen LogP contribution is -2.15. The van der Waals surface area contributed by atoms with Gasteiger partial charge in [0.25, 0.3) is 0 Å². The predicted octanol–water partition coefficient (Wildman–Crippen LogP) is 3.09. The van der Waals surface area contributed by atoms with Crippen molar-refractivity contribution in [3.8, 4) is 5.75 Å². The molecule has 106 valence electrons. The van der Waals surface area contributed by atoms with Crippen LogP contribution in [0.5, 0.6) is 5.75 Å². The van der Waals surface area contributed by atoms with Crippen LogP contribution in [0.1, 0.15) is 28.6 Å². The molecular weight excluding hydrogens is 255 g/mol. The summed E-state index contributed by atoms with van der Waals surface area (Å²) in [6, 6.07) is 8.65. The monoisotopic (exact) mass is 274 g/mol. The van der Waals surface area contributed by atoms with E-state index >= 15 is 0 Å². The molecule has 4 heteroatoms. The third-order valence-electron chi connectivity index (χ3n) is 3.34. The third-order valence-corrected chi connectivity index (χ3v) is 3.34. The first-order valence-electron chi connectivity index (χ1n) is 6.53. The van der Waals surface area contributed by atoms with Crippen molar-refractivity contribution in [3.05, 3.63) is 58.7 Å². The molecule has 0 amide bonds. The Labute approximate surface area is 118 Å². The molecule has 0 aliphatic heterocycles. The van der Waals surface area contributed by atoms with E-state index in [-0.39, 0.29) is 17.6 Å². The van der Waals surface area contributed by atoms with Crippen molar-refractivity contribution in [1.82, 2.24) is 4.98 Å². The Morgan fingerprint density at radius 3 is 2.60 bits per heavy atom. The number of methoxy groups -OCH3 is 1. The first-order chi connectivity index (χ1) is 9.51. The molecule has 1 aromatic carbocycles. The number of nitrogens with zero attached hydrogens (tertiary/aromatic N) is 1. The van der Waals surface area contributed by atoms with E-state index in [9.17, 15) is 4.39 Å². The minimum atomic E-state index is -0.365. The summed E-state index contributed by atoms with van der Waals surface area (Å²) in [5.74, 6) is -0.119. The van der Waals surface area contributed by atoms with E-state index in [0.717, 1.165) is 22.5 Å². The molecule has 0 radical (unpaired) electrons. The number of hydrogen-bond donors (Lipinski definition) is 1. The minimum Gasteiger partial charge on any atom is -0.494 e. The molecule has 0 fully saturated rings.